The van der Waals surface area contributed by atoms with Crippen molar-refractivity contribution in [1.29, 1.82) is 5.26 Å². The van der Waals surface area contributed by atoms with Crippen molar-refractivity contribution in [3.8, 4) is 17.6 Å². The average Bonchev–Trinajstić information content (AvgIpc) is 3.59. The Labute approximate surface area is 353 Å². The van der Waals surface area contributed by atoms with Crippen LogP contribution in [0.5, 0.6) is 11.5 Å². The van der Waals surface area contributed by atoms with E-state index in [0.717, 1.165) is 16.7 Å². The van der Waals surface area contributed by atoms with E-state index in [1.807, 2.05) is 107 Å². The van der Waals surface area contributed by atoms with Gasteiger partial charge in [-0.05, 0) is 88.6 Å². The van der Waals surface area contributed by atoms with Gasteiger partial charge >= 0.3 is 11.7 Å². The molecule has 3 aromatic carbocycles. The maximum Gasteiger partial charge on any atom is 0.351 e. The third kappa shape index (κ3) is 11.2. The minimum atomic E-state index is -1.67. The van der Waals surface area contributed by atoms with Crippen LogP contribution in [-0.4, -0.2) is 83.0 Å². The van der Waals surface area contributed by atoms with E-state index < -0.39 is 49.6 Å². The van der Waals surface area contributed by atoms with Gasteiger partial charge in [-0.3, -0.25) is 18.8 Å². The second-order valence-corrected chi connectivity index (χ2v) is 17.3. The van der Waals surface area contributed by atoms with E-state index in [4.69, 9.17) is 28.2 Å². The Balaban J connectivity index is 1.60. The lowest BCUT2D eigenvalue weighted by Gasteiger charge is -2.40. The number of nitrogens with zero attached hydrogens (tertiary/aromatic N) is 4. The molecule has 0 bridgehead atoms. The number of carbonyl (C=O) groups is 2. The number of nitriles is 1. The van der Waals surface area contributed by atoms with Gasteiger partial charge in [-0.1, -0.05) is 54.6 Å². The van der Waals surface area contributed by atoms with Crippen LogP contribution in [0.15, 0.2) is 95.9 Å². The highest BCUT2D eigenvalue weighted by Gasteiger charge is 2.45. The highest BCUT2D eigenvalue weighted by atomic mass is 31.2. The summed E-state index contributed by atoms with van der Waals surface area (Å²) in [7, 11) is 1.56. The van der Waals surface area contributed by atoms with Gasteiger partial charge in [0.15, 0.2) is 0 Å². The molecule has 60 heavy (non-hydrogen) atoms. The zero-order valence-corrected chi connectivity index (χ0v) is 36.7. The zero-order chi connectivity index (χ0) is 43.6. The molecule has 0 spiro atoms. The molecular formula is C45H56N5O9P. The molecule has 0 saturated carbocycles. The summed E-state index contributed by atoms with van der Waals surface area (Å²) in [5.41, 5.74) is -0.331. The number of anilines is 1. The van der Waals surface area contributed by atoms with Gasteiger partial charge in [0.25, 0.3) is 0 Å². The van der Waals surface area contributed by atoms with Crippen molar-refractivity contribution in [3.05, 3.63) is 118 Å². The number of hydrogen-bond donors (Lipinski definition) is 1. The molecule has 1 aliphatic heterocycles. The molecule has 320 valence electrons. The minimum absolute atomic E-state index is 0.0205. The third-order valence-corrected chi connectivity index (χ3v) is 12.5. The Morgan fingerprint density at radius 1 is 0.933 bits per heavy atom. The average molecular weight is 842 g/mol. The van der Waals surface area contributed by atoms with Crippen molar-refractivity contribution >= 4 is 26.0 Å². The summed E-state index contributed by atoms with van der Waals surface area (Å²) in [6, 6.07) is 28.8. The molecule has 4 atom stereocenters. The van der Waals surface area contributed by atoms with Crippen LogP contribution in [0.1, 0.15) is 84.2 Å². The van der Waals surface area contributed by atoms with E-state index in [0.29, 0.717) is 11.5 Å². The Morgan fingerprint density at radius 2 is 1.50 bits per heavy atom. The van der Waals surface area contributed by atoms with Crippen molar-refractivity contribution in [3.63, 3.8) is 0 Å². The van der Waals surface area contributed by atoms with Gasteiger partial charge in [0.1, 0.15) is 55.3 Å². The van der Waals surface area contributed by atoms with Gasteiger partial charge in [0.05, 0.1) is 39.4 Å². The molecule has 2 heterocycles. The molecule has 1 aliphatic rings. The van der Waals surface area contributed by atoms with E-state index >= 15 is 0 Å². The van der Waals surface area contributed by atoms with Crippen LogP contribution in [0.3, 0.4) is 0 Å². The topological polar surface area (TPSA) is 163 Å². The number of rotatable bonds is 19. The lowest BCUT2D eigenvalue weighted by molar-refractivity contribution is -0.152. The fraction of sp³-hybridized carbons (Fsp3) is 0.444. The monoisotopic (exact) mass is 841 g/mol. The molecule has 2 unspecified atom stereocenters. The standard InChI is InChI=1S/C45H56N5O9P/c1-30(2)50(31(3)4)60(29-42(52)58-44(6,7)24-25-46)59-38-27-41(49-26-23-40(47-32(5)51)48-43(49)53)57-39(38)28-56-45(33-13-11-10-12-14-33,34-15-19-36(54-8)20-16-34)35-17-21-37(55-9)22-18-35/h10-23,26,30-31,38-39,41H,24,27-29H2,1-9H3,(H,47,48,51,53)/t38?,39-,41-,60?/m1/s1. The lowest BCUT2D eigenvalue weighted by atomic mass is 9.80. The van der Waals surface area contributed by atoms with E-state index in [2.05, 4.69) is 21.0 Å². The van der Waals surface area contributed by atoms with E-state index in [-0.39, 0.29) is 49.4 Å². The molecule has 1 fully saturated rings. The fourth-order valence-corrected chi connectivity index (χ4v) is 9.61. The van der Waals surface area contributed by atoms with E-state index in [1.54, 1.807) is 28.1 Å². The van der Waals surface area contributed by atoms with Crippen molar-refractivity contribution in [1.82, 2.24) is 14.2 Å². The number of carbonyl (C=O) groups excluding carboxylic acids is 2. The quantitative estimate of drug-likeness (QED) is 0.0561. The first-order valence-electron chi connectivity index (χ1n) is 19.9. The first kappa shape index (κ1) is 45.9. The summed E-state index contributed by atoms with van der Waals surface area (Å²) in [6.45, 7) is 12.9. The predicted octanol–water partition coefficient (Wildman–Crippen LogP) is 7.57. The molecule has 1 aromatic heterocycles. The Bertz CT molecular complexity index is 2080. The first-order chi connectivity index (χ1) is 28.6. The highest BCUT2D eigenvalue weighted by Crippen LogP contribution is 2.50. The maximum atomic E-state index is 13.6. The highest BCUT2D eigenvalue weighted by molar-refractivity contribution is 7.51. The minimum Gasteiger partial charge on any atom is -0.497 e. The summed E-state index contributed by atoms with van der Waals surface area (Å²) in [5, 5.41) is 11.9. The van der Waals surface area contributed by atoms with Crippen LogP contribution in [0.2, 0.25) is 0 Å². The van der Waals surface area contributed by atoms with Crippen molar-refractivity contribution in [2.45, 2.75) is 103 Å². The molecule has 1 N–H and O–H groups in total. The molecule has 4 aromatic rings. The number of ether oxygens (including phenoxy) is 5. The second-order valence-electron chi connectivity index (χ2n) is 15.7. The molecule has 15 heteroatoms. The van der Waals surface area contributed by atoms with Crippen molar-refractivity contribution in [2.75, 3.05) is 32.3 Å². The van der Waals surface area contributed by atoms with Crippen LogP contribution in [0.4, 0.5) is 5.82 Å². The lowest BCUT2D eigenvalue weighted by Crippen LogP contribution is -2.40. The molecule has 1 saturated heterocycles. The van der Waals surface area contributed by atoms with Gasteiger partial charge in [0.2, 0.25) is 5.91 Å². The van der Waals surface area contributed by atoms with Crippen LogP contribution in [0.25, 0.3) is 0 Å². The van der Waals surface area contributed by atoms with Crippen LogP contribution in [-0.2, 0) is 33.9 Å². The van der Waals surface area contributed by atoms with Gasteiger partial charge in [-0.25, -0.2) is 4.79 Å². The Morgan fingerprint density at radius 3 is 2.00 bits per heavy atom. The first-order valence-corrected chi connectivity index (χ1v) is 21.3. The number of nitrogens with one attached hydrogen (secondary N) is 1. The van der Waals surface area contributed by atoms with E-state index in [1.165, 1.54) is 23.8 Å². The molecular weight excluding hydrogens is 785 g/mol. The number of benzene rings is 3. The summed E-state index contributed by atoms with van der Waals surface area (Å²) >= 11 is 0. The predicted molar refractivity (Wildman–Crippen MR) is 229 cm³/mol. The summed E-state index contributed by atoms with van der Waals surface area (Å²) in [5.74, 6) is 0.620. The van der Waals surface area contributed by atoms with E-state index in [9.17, 15) is 19.6 Å². The molecule has 0 radical (unpaired) electrons. The number of methoxy groups -OCH3 is 2. The number of aromatic nitrogens is 2. The fourth-order valence-electron chi connectivity index (χ4n) is 7.41. The smallest absolute Gasteiger partial charge is 0.351 e. The Kier molecular flexibility index (Phi) is 15.6. The van der Waals surface area contributed by atoms with Crippen LogP contribution >= 0.6 is 8.30 Å². The normalized spacial score (nSPS) is 17.4. The van der Waals surface area contributed by atoms with Crippen molar-refractivity contribution in [2.24, 2.45) is 0 Å². The van der Waals surface area contributed by atoms with Gasteiger partial charge < -0.3 is 33.5 Å². The largest absolute Gasteiger partial charge is 0.497 e. The van der Waals surface area contributed by atoms with Crippen molar-refractivity contribution < 1.29 is 37.8 Å². The van der Waals surface area contributed by atoms with Gasteiger partial charge in [-0.2, -0.15) is 10.2 Å². The van der Waals surface area contributed by atoms with Crippen LogP contribution < -0.4 is 20.5 Å². The molecule has 1 amide bonds. The zero-order valence-electron chi connectivity index (χ0n) is 35.8. The van der Waals surface area contributed by atoms with Gasteiger partial charge in [0, 0.05) is 31.6 Å². The third-order valence-electron chi connectivity index (χ3n) is 9.99. The maximum absolute atomic E-state index is 13.6. The molecule has 0 aliphatic carbocycles. The summed E-state index contributed by atoms with van der Waals surface area (Å²) in [6.07, 6.45) is -0.614. The summed E-state index contributed by atoms with van der Waals surface area (Å²) in [4.78, 5) is 42.9. The number of amides is 1. The second kappa shape index (κ2) is 20.4. The Hall–Kier alpha value is -5.16. The SMILES string of the molecule is COc1ccc(C(OC[C@H]2O[C@@H](n3ccc(NC(C)=O)nc3=O)CC2OP(CC(=O)OC(C)(C)CC#N)N(C(C)C)C(C)C)(c2ccccc2)c2ccc(OC)cc2)cc1. The molecule has 5 rings (SSSR count). The molecule has 14 nitrogen and oxygen atoms in total. The summed E-state index contributed by atoms with van der Waals surface area (Å²) < 4.78 is 41.5. The van der Waals surface area contributed by atoms with Gasteiger partial charge in [-0.15, -0.1) is 0 Å². The number of esters is 1. The van der Waals surface area contributed by atoms with Crippen LogP contribution in [0, 0.1) is 11.3 Å². The number of hydrogen-bond acceptors (Lipinski definition) is 12.